The summed E-state index contributed by atoms with van der Waals surface area (Å²) in [5, 5.41) is 2.76. The van der Waals surface area contributed by atoms with Crippen LogP contribution in [0.2, 0.25) is 0 Å². The number of nitrogens with one attached hydrogen (secondary N) is 1. The van der Waals surface area contributed by atoms with Gasteiger partial charge in [0.2, 0.25) is 5.91 Å². The largest absolute Gasteiger partial charge is 0.497 e. The summed E-state index contributed by atoms with van der Waals surface area (Å²) < 4.78 is 31.8. The van der Waals surface area contributed by atoms with E-state index in [0.29, 0.717) is 36.9 Å². The Bertz CT molecular complexity index is 804. The van der Waals surface area contributed by atoms with E-state index in [4.69, 9.17) is 4.74 Å². The molecule has 1 atom stereocenters. The van der Waals surface area contributed by atoms with E-state index in [-0.39, 0.29) is 11.5 Å². The fraction of sp³-hybridized carbons (Fsp3) is 0.263. The topological polar surface area (TPSA) is 58.6 Å². The number of rotatable bonds is 4. The molecule has 2 amide bonds. The molecule has 2 aromatic rings. The molecule has 0 spiro atoms. The van der Waals surface area contributed by atoms with Gasteiger partial charge in [0.1, 0.15) is 23.4 Å². The third-order valence-electron chi connectivity index (χ3n) is 4.28. The molecular weight excluding hydrogens is 342 g/mol. The van der Waals surface area contributed by atoms with Crippen molar-refractivity contribution in [2.45, 2.75) is 18.9 Å². The Balaban J connectivity index is 1.74. The molecule has 26 heavy (non-hydrogen) atoms. The molecule has 0 saturated carbocycles. The zero-order valence-electron chi connectivity index (χ0n) is 14.2. The first-order valence-corrected chi connectivity index (χ1v) is 8.20. The number of nitrogens with zero attached hydrogens (tertiary/aromatic N) is 1. The first-order valence-electron chi connectivity index (χ1n) is 8.20. The van der Waals surface area contributed by atoms with Gasteiger partial charge in [0.05, 0.1) is 7.11 Å². The number of amides is 2. The van der Waals surface area contributed by atoms with Crippen LogP contribution in [0, 0.1) is 11.6 Å². The Morgan fingerprint density at radius 1 is 1.12 bits per heavy atom. The highest BCUT2D eigenvalue weighted by Gasteiger charge is 2.34. The van der Waals surface area contributed by atoms with Gasteiger partial charge >= 0.3 is 0 Å². The van der Waals surface area contributed by atoms with Gasteiger partial charge in [-0.15, -0.1) is 0 Å². The highest BCUT2D eigenvalue weighted by molar-refractivity contribution is 6.01. The predicted molar refractivity (Wildman–Crippen MR) is 92.0 cm³/mol. The SMILES string of the molecule is COc1ccc(NC(=O)C2CCCN2C(=O)c2cc(F)cc(F)c2)cc1. The molecule has 1 unspecified atom stereocenters. The van der Waals surface area contributed by atoms with E-state index in [1.54, 1.807) is 31.4 Å². The van der Waals surface area contributed by atoms with Crippen LogP contribution in [0.3, 0.4) is 0 Å². The van der Waals surface area contributed by atoms with Gasteiger partial charge in [-0.1, -0.05) is 0 Å². The van der Waals surface area contributed by atoms with Gasteiger partial charge in [-0.3, -0.25) is 9.59 Å². The van der Waals surface area contributed by atoms with Crippen molar-refractivity contribution in [2.75, 3.05) is 19.0 Å². The normalized spacial score (nSPS) is 16.4. The summed E-state index contributed by atoms with van der Waals surface area (Å²) in [7, 11) is 1.55. The number of halogens is 2. The quantitative estimate of drug-likeness (QED) is 0.911. The molecule has 1 aliphatic heterocycles. The number of anilines is 1. The fourth-order valence-electron chi connectivity index (χ4n) is 3.03. The van der Waals surface area contributed by atoms with E-state index < -0.39 is 23.6 Å². The Kier molecular flexibility index (Phi) is 5.16. The van der Waals surface area contributed by atoms with Crippen molar-refractivity contribution in [1.29, 1.82) is 0 Å². The van der Waals surface area contributed by atoms with Gasteiger partial charge in [0, 0.05) is 23.9 Å². The molecule has 0 radical (unpaired) electrons. The monoisotopic (exact) mass is 360 g/mol. The van der Waals surface area contributed by atoms with Gasteiger partial charge in [-0.25, -0.2) is 8.78 Å². The van der Waals surface area contributed by atoms with Crippen LogP contribution in [0.4, 0.5) is 14.5 Å². The number of benzene rings is 2. The lowest BCUT2D eigenvalue weighted by atomic mass is 10.1. The summed E-state index contributed by atoms with van der Waals surface area (Å²) in [4.78, 5) is 26.5. The Morgan fingerprint density at radius 3 is 2.38 bits per heavy atom. The second kappa shape index (κ2) is 7.51. The van der Waals surface area contributed by atoms with Crippen LogP contribution in [-0.4, -0.2) is 36.4 Å². The number of ether oxygens (including phenoxy) is 1. The summed E-state index contributed by atoms with van der Waals surface area (Å²) in [6.07, 6.45) is 1.13. The first kappa shape index (κ1) is 17.8. The minimum atomic E-state index is -0.827. The molecular formula is C19H18F2N2O3. The maximum Gasteiger partial charge on any atom is 0.254 e. The van der Waals surface area contributed by atoms with Crippen LogP contribution in [-0.2, 0) is 4.79 Å². The van der Waals surface area contributed by atoms with E-state index in [9.17, 15) is 18.4 Å². The number of methoxy groups -OCH3 is 1. The molecule has 1 N–H and O–H groups in total. The summed E-state index contributed by atoms with van der Waals surface area (Å²) >= 11 is 0. The van der Waals surface area contributed by atoms with Crippen molar-refractivity contribution < 1.29 is 23.1 Å². The van der Waals surface area contributed by atoms with Crippen LogP contribution in [0.1, 0.15) is 23.2 Å². The first-order chi connectivity index (χ1) is 12.5. The number of hydrogen-bond acceptors (Lipinski definition) is 3. The molecule has 3 rings (SSSR count). The molecule has 0 aromatic heterocycles. The Labute approximate surface area is 149 Å². The van der Waals surface area contributed by atoms with E-state index in [1.807, 2.05) is 0 Å². The molecule has 1 heterocycles. The molecule has 2 aromatic carbocycles. The van der Waals surface area contributed by atoms with E-state index >= 15 is 0 Å². The van der Waals surface area contributed by atoms with Crippen LogP contribution >= 0.6 is 0 Å². The minimum Gasteiger partial charge on any atom is -0.497 e. The molecule has 7 heteroatoms. The average molecular weight is 360 g/mol. The zero-order valence-corrected chi connectivity index (χ0v) is 14.2. The van der Waals surface area contributed by atoms with Gasteiger partial charge in [0.15, 0.2) is 0 Å². The lowest BCUT2D eigenvalue weighted by Gasteiger charge is -2.24. The van der Waals surface area contributed by atoms with Gasteiger partial charge < -0.3 is 15.0 Å². The fourth-order valence-corrected chi connectivity index (χ4v) is 3.03. The average Bonchev–Trinajstić information content (AvgIpc) is 3.10. The third-order valence-corrected chi connectivity index (χ3v) is 4.28. The van der Waals surface area contributed by atoms with Crippen LogP contribution < -0.4 is 10.1 Å². The smallest absolute Gasteiger partial charge is 0.254 e. The molecule has 0 aliphatic carbocycles. The molecule has 0 bridgehead atoms. The Hall–Kier alpha value is -2.96. The highest BCUT2D eigenvalue weighted by Crippen LogP contribution is 2.23. The predicted octanol–water partition coefficient (Wildman–Crippen LogP) is 3.22. The number of likely N-dealkylation sites (tertiary alicyclic amines) is 1. The number of carbonyl (C=O) groups is 2. The molecule has 136 valence electrons. The third kappa shape index (κ3) is 3.82. The summed E-state index contributed by atoms with van der Waals surface area (Å²) in [6.45, 7) is 0.359. The number of hydrogen-bond donors (Lipinski definition) is 1. The van der Waals surface area contributed by atoms with Crippen molar-refractivity contribution in [3.8, 4) is 5.75 Å². The van der Waals surface area contributed by atoms with Crippen molar-refractivity contribution in [1.82, 2.24) is 4.90 Å². The zero-order chi connectivity index (χ0) is 18.7. The second-order valence-electron chi connectivity index (χ2n) is 6.03. The van der Waals surface area contributed by atoms with Gasteiger partial charge in [0.25, 0.3) is 5.91 Å². The maximum absolute atomic E-state index is 13.4. The second-order valence-corrected chi connectivity index (χ2v) is 6.03. The van der Waals surface area contributed by atoms with Crippen LogP contribution in [0.5, 0.6) is 5.75 Å². The van der Waals surface area contributed by atoms with Crippen molar-refractivity contribution in [3.05, 3.63) is 59.7 Å². The van der Waals surface area contributed by atoms with Crippen molar-refractivity contribution >= 4 is 17.5 Å². The maximum atomic E-state index is 13.4. The summed E-state index contributed by atoms with van der Waals surface area (Å²) in [5.74, 6) is -1.89. The number of carbonyl (C=O) groups excluding carboxylic acids is 2. The Morgan fingerprint density at radius 2 is 1.77 bits per heavy atom. The van der Waals surface area contributed by atoms with Crippen LogP contribution in [0.25, 0.3) is 0 Å². The molecule has 1 saturated heterocycles. The van der Waals surface area contributed by atoms with E-state index in [1.165, 1.54) is 4.90 Å². The molecule has 1 fully saturated rings. The van der Waals surface area contributed by atoms with E-state index in [2.05, 4.69) is 5.32 Å². The molecule has 5 nitrogen and oxygen atoms in total. The highest BCUT2D eigenvalue weighted by atomic mass is 19.1. The van der Waals surface area contributed by atoms with Crippen molar-refractivity contribution in [3.63, 3.8) is 0 Å². The summed E-state index contributed by atoms with van der Waals surface area (Å²) in [6, 6.07) is 8.78. The summed E-state index contributed by atoms with van der Waals surface area (Å²) in [5.41, 5.74) is 0.471. The lowest BCUT2D eigenvalue weighted by Crippen LogP contribution is -2.43. The van der Waals surface area contributed by atoms with Crippen LogP contribution in [0.15, 0.2) is 42.5 Å². The van der Waals surface area contributed by atoms with Crippen molar-refractivity contribution in [2.24, 2.45) is 0 Å². The standard InChI is InChI=1S/C19H18F2N2O3/c1-26-16-6-4-15(5-7-16)22-18(24)17-3-2-8-23(17)19(25)12-9-13(20)11-14(21)10-12/h4-7,9-11,17H,2-3,8H2,1H3,(H,22,24). The van der Waals surface area contributed by atoms with Gasteiger partial charge in [-0.05, 0) is 49.2 Å². The van der Waals surface area contributed by atoms with E-state index in [0.717, 1.165) is 12.1 Å². The van der Waals surface area contributed by atoms with Gasteiger partial charge in [-0.2, -0.15) is 0 Å². The molecule has 1 aliphatic rings. The lowest BCUT2D eigenvalue weighted by molar-refractivity contribution is -0.119. The minimum absolute atomic E-state index is 0.105.